The molecule has 0 aliphatic carbocycles. The highest BCUT2D eigenvalue weighted by Gasteiger charge is 2.28. The summed E-state index contributed by atoms with van der Waals surface area (Å²) in [4.78, 5) is 13.5. The largest absolute Gasteiger partial charge is 0.444 e. The summed E-state index contributed by atoms with van der Waals surface area (Å²) in [6.07, 6.45) is 0.241. The second-order valence-corrected chi connectivity index (χ2v) is 6.49. The van der Waals surface area contributed by atoms with E-state index in [1.165, 1.54) is 6.07 Å². The molecule has 0 saturated heterocycles. The van der Waals surface area contributed by atoms with Crippen molar-refractivity contribution < 1.29 is 13.9 Å². The minimum atomic E-state index is -0.535. The van der Waals surface area contributed by atoms with Crippen LogP contribution >= 0.6 is 15.9 Å². The Kier molecular flexibility index (Phi) is 3.85. The molecule has 19 heavy (non-hydrogen) atoms. The van der Waals surface area contributed by atoms with Gasteiger partial charge in [0.2, 0.25) is 0 Å². The number of carbonyl (C=O) groups is 1. The molecule has 1 amide bonds. The maximum atomic E-state index is 13.8. The zero-order valence-electron chi connectivity index (χ0n) is 11.3. The highest BCUT2D eigenvalue weighted by molar-refractivity contribution is 9.10. The van der Waals surface area contributed by atoms with Crippen molar-refractivity contribution in [3.05, 3.63) is 33.5 Å². The Morgan fingerprint density at radius 2 is 2.05 bits per heavy atom. The van der Waals surface area contributed by atoms with Crippen molar-refractivity contribution in [3.8, 4) is 0 Å². The van der Waals surface area contributed by atoms with Crippen molar-refractivity contribution in [1.82, 2.24) is 4.90 Å². The third kappa shape index (κ3) is 3.26. The number of fused-ring (bicyclic) bond motifs is 1. The van der Waals surface area contributed by atoms with Crippen LogP contribution in [0.15, 0.2) is 16.6 Å². The lowest BCUT2D eigenvalue weighted by atomic mass is 9.99. The molecule has 0 aromatic heterocycles. The third-order valence-electron chi connectivity index (χ3n) is 2.95. The average molecular weight is 330 g/mol. The van der Waals surface area contributed by atoms with Gasteiger partial charge in [-0.15, -0.1) is 0 Å². The van der Waals surface area contributed by atoms with E-state index in [0.29, 0.717) is 18.5 Å². The molecule has 1 aliphatic rings. The van der Waals surface area contributed by atoms with Crippen molar-refractivity contribution in [1.29, 1.82) is 0 Å². The summed E-state index contributed by atoms with van der Waals surface area (Å²) in [5.41, 5.74) is 0.985. The van der Waals surface area contributed by atoms with Crippen molar-refractivity contribution in [2.24, 2.45) is 0 Å². The number of carbonyl (C=O) groups excluding carboxylic acids is 1. The Labute approximate surface area is 120 Å². The predicted molar refractivity (Wildman–Crippen MR) is 74.4 cm³/mol. The number of amides is 1. The first-order chi connectivity index (χ1) is 8.78. The molecule has 0 spiro atoms. The van der Waals surface area contributed by atoms with Gasteiger partial charge in [0.15, 0.2) is 0 Å². The number of benzene rings is 1. The lowest BCUT2D eigenvalue weighted by Gasteiger charge is -2.31. The summed E-state index contributed by atoms with van der Waals surface area (Å²) in [6, 6.07) is 3.12. The number of nitrogens with zero attached hydrogens (tertiary/aromatic N) is 1. The van der Waals surface area contributed by atoms with Gasteiger partial charge in [0.25, 0.3) is 0 Å². The van der Waals surface area contributed by atoms with Gasteiger partial charge in [-0.2, -0.15) is 0 Å². The average Bonchev–Trinajstić information content (AvgIpc) is 2.31. The Hall–Kier alpha value is -1.10. The number of hydrogen-bond acceptors (Lipinski definition) is 2. The lowest BCUT2D eigenvalue weighted by Crippen LogP contribution is -2.40. The fourth-order valence-corrected chi connectivity index (χ4v) is 2.65. The highest BCUT2D eigenvalue weighted by Crippen LogP contribution is 2.29. The van der Waals surface area contributed by atoms with Crippen molar-refractivity contribution >= 4 is 22.0 Å². The summed E-state index contributed by atoms with van der Waals surface area (Å²) in [5.74, 6) is -0.272. The van der Waals surface area contributed by atoms with Gasteiger partial charge in [-0.25, -0.2) is 9.18 Å². The molecule has 104 valence electrons. The van der Waals surface area contributed by atoms with E-state index < -0.39 is 11.7 Å². The molecule has 2 rings (SSSR count). The van der Waals surface area contributed by atoms with Gasteiger partial charge in [0, 0.05) is 16.6 Å². The first kappa shape index (κ1) is 14.3. The first-order valence-electron chi connectivity index (χ1n) is 6.21. The molecule has 0 unspecified atom stereocenters. The number of hydrogen-bond donors (Lipinski definition) is 0. The van der Waals surface area contributed by atoms with E-state index in [0.717, 1.165) is 10.0 Å². The van der Waals surface area contributed by atoms with Gasteiger partial charge in [0.1, 0.15) is 11.4 Å². The van der Waals surface area contributed by atoms with Gasteiger partial charge in [-0.05, 0) is 44.9 Å². The SMILES string of the molecule is CC(C)(C)OC(=O)N1CCc2c(Br)ccc(F)c2C1. The Bertz CT molecular complexity index is 511. The fourth-order valence-electron chi connectivity index (χ4n) is 2.08. The zero-order valence-corrected chi connectivity index (χ0v) is 12.9. The number of halogens is 2. The quantitative estimate of drug-likeness (QED) is 0.722. The molecule has 3 nitrogen and oxygen atoms in total. The van der Waals surface area contributed by atoms with E-state index >= 15 is 0 Å². The maximum absolute atomic E-state index is 13.8. The molecule has 1 aliphatic heterocycles. The van der Waals surface area contributed by atoms with Crippen LogP contribution in [0.3, 0.4) is 0 Å². The second kappa shape index (κ2) is 5.12. The zero-order chi connectivity index (χ0) is 14.2. The molecule has 0 saturated carbocycles. The van der Waals surface area contributed by atoms with Gasteiger partial charge in [0.05, 0.1) is 6.54 Å². The molecular weight excluding hydrogens is 313 g/mol. The molecular formula is C14H17BrFNO2. The Morgan fingerprint density at radius 1 is 1.37 bits per heavy atom. The number of rotatable bonds is 0. The van der Waals surface area contributed by atoms with Gasteiger partial charge < -0.3 is 9.64 Å². The minimum Gasteiger partial charge on any atom is -0.444 e. The predicted octanol–water partition coefficient (Wildman–Crippen LogP) is 3.88. The van der Waals surface area contributed by atoms with Gasteiger partial charge >= 0.3 is 6.09 Å². The van der Waals surface area contributed by atoms with E-state index in [-0.39, 0.29) is 12.4 Å². The van der Waals surface area contributed by atoms with Crippen molar-refractivity contribution in [2.45, 2.75) is 39.3 Å². The third-order valence-corrected chi connectivity index (χ3v) is 3.69. The van der Waals surface area contributed by atoms with Crippen molar-refractivity contribution in [3.63, 3.8) is 0 Å². The molecule has 1 heterocycles. The monoisotopic (exact) mass is 329 g/mol. The van der Waals surface area contributed by atoms with Crippen molar-refractivity contribution in [2.75, 3.05) is 6.54 Å². The molecule has 0 atom stereocenters. The van der Waals surface area contributed by atoms with E-state index in [9.17, 15) is 9.18 Å². The van der Waals surface area contributed by atoms with Crippen LogP contribution in [-0.2, 0) is 17.7 Å². The highest BCUT2D eigenvalue weighted by atomic mass is 79.9. The van der Waals surface area contributed by atoms with Crippen LogP contribution in [0.4, 0.5) is 9.18 Å². The van der Waals surface area contributed by atoms with Crippen LogP contribution in [0, 0.1) is 5.82 Å². The van der Waals surface area contributed by atoms with E-state index in [1.54, 1.807) is 11.0 Å². The van der Waals surface area contributed by atoms with E-state index in [2.05, 4.69) is 15.9 Å². The minimum absolute atomic E-state index is 0.259. The lowest BCUT2D eigenvalue weighted by molar-refractivity contribution is 0.0221. The molecule has 0 N–H and O–H groups in total. The standard InChI is InChI=1S/C14H17BrFNO2/c1-14(2,3)19-13(18)17-7-6-9-10(8-17)12(16)5-4-11(9)15/h4-5H,6-8H2,1-3H3. The molecule has 0 bridgehead atoms. The summed E-state index contributed by atoms with van der Waals surface area (Å²) in [6.45, 7) is 6.26. The van der Waals surface area contributed by atoms with Gasteiger partial charge in [-0.3, -0.25) is 0 Å². The van der Waals surface area contributed by atoms with Crippen LogP contribution in [0.25, 0.3) is 0 Å². The van der Waals surface area contributed by atoms with E-state index in [4.69, 9.17) is 4.74 Å². The van der Waals surface area contributed by atoms with Crippen LogP contribution in [-0.4, -0.2) is 23.1 Å². The topological polar surface area (TPSA) is 29.5 Å². The number of ether oxygens (including phenoxy) is 1. The normalized spacial score (nSPS) is 15.1. The second-order valence-electron chi connectivity index (χ2n) is 5.64. The molecule has 1 aromatic carbocycles. The van der Waals surface area contributed by atoms with Crippen LogP contribution in [0.2, 0.25) is 0 Å². The van der Waals surface area contributed by atoms with Crippen LogP contribution in [0.1, 0.15) is 31.9 Å². The van der Waals surface area contributed by atoms with Gasteiger partial charge in [-0.1, -0.05) is 15.9 Å². The Balaban J connectivity index is 2.18. The molecule has 1 aromatic rings. The summed E-state index contributed by atoms with van der Waals surface area (Å²) >= 11 is 3.42. The summed E-state index contributed by atoms with van der Waals surface area (Å²) in [7, 11) is 0. The molecule has 0 radical (unpaired) electrons. The fraction of sp³-hybridized carbons (Fsp3) is 0.500. The summed E-state index contributed by atoms with van der Waals surface area (Å²) in [5, 5.41) is 0. The van der Waals surface area contributed by atoms with Crippen LogP contribution < -0.4 is 0 Å². The smallest absolute Gasteiger partial charge is 0.410 e. The Morgan fingerprint density at radius 3 is 2.68 bits per heavy atom. The molecule has 5 heteroatoms. The molecule has 0 fully saturated rings. The van der Waals surface area contributed by atoms with Crippen LogP contribution in [0.5, 0.6) is 0 Å². The summed E-state index contributed by atoms with van der Waals surface area (Å²) < 4.78 is 20.0. The maximum Gasteiger partial charge on any atom is 0.410 e. The van der Waals surface area contributed by atoms with E-state index in [1.807, 2.05) is 20.8 Å². The first-order valence-corrected chi connectivity index (χ1v) is 7.01.